The Hall–Kier alpha value is -2.04. The number of anilines is 1. The van der Waals surface area contributed by atoms with Crippen LogP contribution in [0.5, 0.6) is 0 Å². The van der Waals surface area contributed by atoms with Crippen LogP contribution >= 0.6 is 0 Å². The van der Waals surface area contributed by atoms with Crippen LogP contribution in [-0.4, -0.2) is 42.0 Å². The van der Waals surface area contributed by atoms with Crippen LogP contribution < -0.4 is 5.32 Å². The van der Waals surface area contributed by atoms with E-state index in [4.69, 9.17) is 5.11 Å². The average molecular weight is 248 g/mol. The van der Waals surface area contributed by atoms with Crippen molar-refractivity contribution in [1.82, 2.24) is 4.90 Å². The minimum absolute atomic E-state index is 0.126. The van der Waals surface area contributed by atoms with Crippen molar-refractivity contribution in [2.24, 2.45) is 5.92 Å². The van der Waals surface area contributed by atoms with Crippen molar-refractivity contribution in [3.63, 3.8) is 0 Å². The van der Waals surface area contributed by atoms with E-state index in [2.05, 4.69) is 5.32 Å². The molecule has 1 aromatic carbocycles. The van der Waals surface area contributed by atoms with E-state index in [0.29, 0.717) is 13.0 Å². The molecule has 0 saturated carbocycles. The van der Waals surface area contributed by atoms with Gasteiger partial charge < -0.3 is 15.3 Å². The van der Waals surface area contributed by atoms with Gasteiger partial charge in [-0.15, -0.1) is 0 Å². The molecule has 1 atom stereocenters. The number of aliphatic carboxylic acids is 1. The number of likely N-dealkylation sites (N-methyl/N-ethyl adjacent to an activating group) is 1. The zero-order chi connectivity index (χ0) is 13.1. The van der Waals surface area contributed by atoms with Gasteiger partial charge in [-0.05, 0) is 18.1 Å². The summed E-state index contributed by atoms with van der Waals surface area (Å²) in [6, 6.07) is 7.86. The van der Waals surface area contributed by atoms with Gasteiger partial charge in [-0.1, -0.05) is 18.2 Å². The molecule has 2 N–H and O–H groups in total. The molecule has 5 nitrogen and oxygen atoms in total. The number of carbonyl (C=O) groups excluding carboxylic acids is 1. The van der Waals surface area contributed by atoms with Crippen LogP contribution in [0.2, 0.25) is 0 Å². The molecule has 1 aromatic rings. The van der Waals surface area contributed by atoms with Crippen molar-refractivity contribution < 1.29 is 14.7 Å². The molecule has 2 rings (SSSR count). The molecule has 1 heterocycles. The van der Waals surface area contributed by atoms with E-state index in [9.17, 15) is 9.59 Å². The normalized spacial score (nSPS) is 17.5. The van der Waals surface area contributed by atoms with Gasteiger partial charge in [0.15, 0.2) is 0 Å². The molecule has 0 spiro atoms. The largest absolute Gasteiger partial charge is 0.480 e. The van der Waals surface area contributed by atoms with Gasteiger partial charge in [-0.2, -0.15) is 0 Å². The van der Waals surface area contributed by atoms with Gasteiger partial charge in [0, 0.05) is 19.3 Å². The lowest BCUT2D eigenvalue weighted by Gasteiger charge is -2.28. The summed E-state index contributed by atoms with van der Waals surface area (Å²) in [6.07, 6.45) is 0.659. The number of fused-ring (bicyclic) bond motifs is 1. The van der Waals surface area contributed by atoms with Gasteiger partial charge in [-0.3, -0.25) is 9.59 Å². The van der Waals surface area contributed by atoms with E-state index in [-0.39, 0.29) is 18.4 Å². The number of carbonyl (C=O) groups is 2. The van der Waals surface area contributed by atoms with Crippen LogP contribution in [0.15, 0.2) is 24.3 Å². The molecule has 0 bridgehead atoms. The molecular formula is C13H16N2O3. The standard InChI is InChI=1S/C13H16N2O3/c1-15(8-12(16)17)13(18)10-6-9-4-2-3-5-11(9)14-7-10/h2-5,10,14H,6-8H2,1H3,(H,16,17). The van der Waals surface area contributed by atoms with Gasteiger partial charge in [0.25, 0.3) is 0 Å². The zero-order valence-electron chi connectivity index (χ0n) is 10.2. The smallest absolute Gasteiger partial charge is 0.323 e. The molecule has 0 radical (unpaired) electrons. The lowest BCUT2D eigenvalue weighted by atomic mass is 9.93. The highest BCUT2D eigenvalue weighted by atomic mass is 16.4. The second-order valence-corrected chi connectivity index (χ2v) is 4.53. The Morgan fingerprint density at radius 3 is 2.89 bits per heavy atom. The number of para-hydroxylation sites is 1. The summed E-state index contributed by atoms with van der Waals surface area (Å²) in [5.41, 5.74) is 2.16. The Bertz CT molecular complexity index is 473. The number of amides is 1. The molecule has 1 unspecified atom stereocenters. The third-order valence-corrected chi connectivity index (χ3v) is 3.12. The van der Waals surface area contributed by atoms with E-state index in [1.54, 1.807) is 0 Å². The minimum atomic E-state index is -0.991. The summed E-state index contributed by atoms with van der Waals surface area (Å²) >= 11 is 0. The Labute approximate surface area is 105 Å². The second-order valence-electron chi connectivity index (χ2n) is 4.53. The number of hydrogen-bond acceptors (Lipinski definition) is 3. The third kappa shape index (κ3) is 2.61. The maximum absolute atomic E-state index is 12.1. The summed E-state index contributed by atoms with van der Waals surface area (Å²) in [5.74, 6) is -1.31. The molecule has 5 heteroatoms. The first-order valence-corrected chi connectivity index (χ1v) is 5.86. The summed E-state index contributed by atoms with van der Waals surface area (Å²) < 4.78 is 0. The zero-order valence-corrected chi connectivity index (χ0v) is 10.2. The first-order valence-electron chi connectivity index (χ1n) is 5.86. The maximum atomic E-state index is 12.1. The maximum Gasteiger partial charge on any atom is 0.323 e. The van der Waals surface area contributed by atoms with Crippen LogP contribution in [0.1, 0.15) is 5.56 Å². The van der Waals surface area contributed by atoms with Crippen LogP contribution in [-0.2, 0) is 16.0 Å². The molecule has 1 aliphatic heterocycles. The molecule has 0 fully saturated rings. The number of nitrogens with one attached hydrogen (secondary N) is 1. The predicted octanol–water partition coefficient (Wildman–Crippen LogP) is 0.814. The third-order valence-electron chi connectivity index (χ3n) is 3.12. The minimum Gasteiger partial charge on any atom is -0.480 e. The number of carboxylic acids is 1. The topological polar surface area (TPSA) is 69.6 Å². The fraction of sp³-hybridized carbons (Fsp3) is 0.385. The molecule has 0 aliphatic carbocycles. The summed E-state index contributed by atoms with van der Waals surface area (Å²) in [7, 11) is 1.52. The van der Waals surface area contributed by atoms with Crippen molar-refractivity contribution in [2.45, 2.75) is 6.42 Å². The van der Waals surface area contributed by atoms with E-state index in [0.717, 1.165) is 11.3 Å². The predicted molar refractivity (Wildman–Crippen MR) is 67.4 cm³/mol. The Balaban J connectivity index is 2.04. The molecule has 1 aliphatic rings. The van der Waals surface area contributed by atoms with Crippen molar-refractivity contribution in [3.8, 4) is 0 Å². The summed E-state index contributed by atoms with van der Waals surface area (Å²) in [6.45, 7) is 0.302. The van der Waals surface area contributed by atoms with Crippen molar-refractivity contribution in [3.05, 3.63) is 29.8 Å². The molecule has 0 aromatic heterocycles. The van der Waals surface area contributed by atoms with Gasteiger partial charge in [0.1, 0.15) is 6.54 Å². The van der Waals surface area contributed by atoms with E-state index < -0.39 is 5.97 Å². The summed E-state index contributed by atoms with van der Waals surface area (Å²) in [5, 5.41) is 11.9. The van der Waals surface area contributed by atoms with Crippen LogP contribution in [0.3, 0.4) is 0 Å². The Kier molecular flexibility index (Phi) is 3.50. The highest BCUT2D eigenvalue weighted by Crippen LogP contribution is 2.25. The number of hydrogen-bond donors (Lipinski definition) is 2. The molecule has 1 amide bonds. The number of rotatable bonds is 3. The van der Waals surface area contributed by atoms with Crippen molar-refractivity contribution in [2.75, 3.05) is 25.5 Å². The fourth-order valence-electron chi connectivity index (χ4n) is 2.21. The fourth-order valence-corrected chi connectivity index (χ4v) is 2.21. The van der Waals surface area contributed by atoms with E-state index in [1.165, 1.54) is 11.9 Å². The highest BCUT2D eigenvalue weighted by Gasteiger charge is 2.27. The van der Waals surface area contributed by atoms with Crippen molar-refractivity contribution in [1.29, 1.82) is 0 Å². The number of carboxylic acid groups (broad SMARTS) is 1. The monoisotopic (exact) mass is 248 g/mol. The van der Waals surface area contributed by atoms with Crippen LogP contribution in [0.25, 0.3) is 0 Å². The Morgan fingerprint density at radius 2 is 2.17 bits per heavy atom. The van der Waals surface area contributed by atoms with Gasteiger partial charge >= 0.3 is 5.97 Å². The van der Waals surface area contributed by atoms with Crippen LogP contribution in [0, 0.1) is 5.92 Å². The van der Waals surface area contributed by atoms with Crippen molar-refractivity contribution >= 4 is 17.6 Å². The van der Waals surface area contributed by atoms with Gasteiger partial charge in [0.2, 0.25) is 5.91 Å². The number of benzene rings is 1. The van der Waals surface area contributed by atoms with E-state index >= 15 is 0 Å². The molecule has 0 saturated heterocycles. The highest BCUT2D eigenvalue weighted by molar-refractivity contribution is 5.84. The van der Waals surface area contributed by atoms with E-state index in [1.807, 2.05) is 24.3 Å². The average Bonchev–Trinajstić information content (AvgIpc) is 2.36. The summed E-state index contributed by atoms with van der Waals surface area (Å²) in [4.78, 5) is 23.9. The SMILES string of the molecule is CN(CC(=O)O)C(=O)C1CNc2ccccc2C1. The lowest BCUT2D eigenvalue weighted by molar-refractivity contribution is -0.145. The first-order chi connectivity index (χ1) is 8.58. The van der Waals surface area contributed by atoms with Gasteiger partial charge in [0.05, 0.1) is 5.92 Å². The molecule has 18 heavy (non-hydrogen) atoms. The second kappa shape index (κ2) is 5.08. The molecular weight excluding hydrogens is 232 g/mol. The van der Waals surface area contributed by atoms with Gasteiger partial charge in [-0.25, -0.2) is 0 Å². The molecule has 96 valence electrons. The lowest BCUT2D eigenvalue weighted by Crippen LogP contribution is -2.41. The quantitative estimate of drug-likeness (QED) is 0.830. The Morgan fingerprint density at radius 1 is 1.44 bits per heavy atom. The van der Waals surface area contributed by atoms with Crippen LogP contribution in [0.4, 0.5) is 5.69 Å². The first kappa shape index (κ1) is 12.4. The number of nitrogens with zero attached hydrogens (tertiary/aromatic N) is 1.